The van der Waals surface area contributed by atoms with Crippen LogP contribution in [0.4, 0.5) is 5.13 Å². The van der Waals surface area contributed by atoms with Crippen molar-refractivity contribution in [2.45, 2.75) is 26.3 Å². The van der Waals surface area contributed by atoms with Crippen LogP contribution in [0.25, 0.3) is 45.7 Å². The Morgan fingerprint density at radius 1 is 0.940 bits per heavy atom. The number of thiazole rings is 1. The number of nitrogens with zero attached hydrogens (tertiary/aromatic N) is 5. The standard InChI is InChI=1S/C20H16O2.C18H16N6O3S/c1-11-9-17-13(12(2)20(11)22)7-8-15-14-5-3-4-6-16(14)19(21)10-18(15)17;1-26-14-4-3-11(5-15(14)27-2)12-8-28-18(22-12)23-16(25)7-24-10-21-17-13(24)6-19-9-20-17/h3-12H,1-2H3;3-6,8-10H,7H2,1-2H3,(H,22,23,25). The van der Waals surface area contributed by atoms with E-state index in [-0.39, 0.29) is 35.9 Å². The topological polar surface area (TPSA) is 138 Å². The number of ether oxygens (including phenoxy) is 2. The minimum atomic E-state index is -0.212. The van der Waals surface area contributed by atoms with E-state index in [1.807, 2.05) is 79.9 Å². The molecule has 1 N–H and O–H groups in total. The molecule has 250 valence electrons. The molecule has 0 spiro atoms. The van der Waals surface area contributed by atoms with Crippen LogP contribution in [-0.4, -0.2) is 56.2 Å². The molecule has 0 saturated heterocycles. The number of carbonyl (C=O) groups excluding carboxylic acids is 3. The zero-order valence-electron chi connectivity index (χ0n) is 27.7. The van der Waals surface area contributed by atoms with Crippen molar-refractivity contribution in [3.05, 3.63) is 100 Å². The van der Waals surface area contributed by atoms with Gasteiger partial charge < -0.3 is 19.4 Å². The largest absolute Gasteiger partial charge is 0.493 e. The highest BCUT2D eigenvalue weighted by molar-refractivity contribution is 7.14. The van der Waals surface area contributed by atoms with Crippen LogP contribution >= 0.6 is 11.3 Å². The number of methoxy groups -OCH3 is 2. The van der Waals surface area contributed by atoms with Gasteiger partial charge in [-0.2, -0.15) is 0 Å². The molecule has 2 aliphatic carbocycles. The molecule has 50 heavy (non-hydrogen) atoms. The molecule has 0 fully saturated rings. The van der Waals surface area contributed by atoms with Crippen LogP contribution in [0.5, 0.6) is 11.5 Å². The predicted octanol–water partition coefficient (Wildman–Crippen LogP) is 5.04. The summed E-state index contributed by atoms with van der Waals surface area (Å²) in [5, 5.41) is 7.21. The Balaban J connectivity index is 0.000000161. The monoisotopic (exact) mass is 684 g/mol. The summed E-state index contributed by atoms with van der Waals surface area (Å²) in [7, 11) is 3.17. The number of fused-ring (bicyclic) bond motifs is 6. The normalized spacial score (nSPS) is 15.8. The number of imidazole rings is 1. The van der Waals surface area contributed by atoms with Gasteiger partial charge in [0.05, 0.1) is 32.4 Å². The highest BCUT2D eigenvalue weighted by Crippen LogP contribution is 2.33. The number of rotatable bonds is 6. The van der Waals surface area contributed by atoms with Crippen LogP contribution in [0.2, 0.25) is 0 Å². The first-order valence-corrected chi connectivity index (χ1v) is 16.8. The molecule has 6 aromatic rings. The minimum absolute atomic E-state index is 0.0436. The molecule has 2 atom stereocenters. The lowest BCUT2D eigenvalue weighted by Crippen LogP contribution is -2.40. The van der Waals surface area contributed by atoms with Crippen LogP contribution in [0.15, 0.2) is 78.8 Å². The first-order chi connectivity index (χ1) is 24.2. The number of aromatic nitrogens is 5. The Morgan fingerprint density at radius 3 is 2.54 bits per heavy atom. The van der Waals surface area contributed by atoms with Crippen LogP contribution in [0.3, 0.4) is 0 Å². The number of nitrogens with one attached hydrogen (secondary N) is 1. The number of hydrogen-bond acceptors (Lipinski definition) is 10. The summed E-state index contributed by atoms with van der Waals surface area (Å²) in [5.41, 5.74) is 6.70. The summed E-state index contributed by atoms with van der Waals surface area (Å²) in [5.74, 6) is 1.13. The molecular formula is C38H32N6O5S. The van der Waals surface area contributed by atoms with Gasteiger partial charge in [-0.05, 0) is 51.4 Å². The summed E-state index contributed by atoms with van der Waals surface area (Å²) >= 11 is 1.35. The molecule has 12 heteroatoms. The highest BCUT2D eigenvalue weighted by atomic mass is 32.1. The zero-order chi connectivity index (χ0) is 34.9. The minimum Gasteiger partial charge on any atom is -0.493 e. The number of anilines is 1. The van der Waals surface area contributed by atoms with Gasteiger partial charge in [-0.25, -0.2) is 19.9 Å². The maximum atomic E-state index is 12.4. The van der Waals surface area contributed by atoms with Crippen molar-refractivity contribution in [2.75, 3.05) is 19.5 Å². The maximum absolute atomic E-state index is 12.4. The van der Waals surface area contributed by atoms with Gasteiger partial charge in [-0.15, -0.1) is 11.3 Å². The SMILES string of the molecule is CC1C=c2c(ccc3c2=CC(=O)c2ccccc2-3)C(C)C1=O.COc1ccc(-c2csc(NC(=O)Cn3cnc4ncncc43)n2)cc1OC. The van der Waals surface area contributed by atoms with E-state index in [1.165, 1.54) is 17.7 Å². The Bertz CT molecular complexity index is 2430. The van der Waals surface area contributed by atoms with Crippen LogP contribution < -0.4 is 25.2 Å². The number of hydrogen-bond donors (Lipinski definition) is 1. The van der Waals surface area contributed by atoms with Gasteiger partial charge in [0.2, 0.25) is 5.91 Å². The van der Waals surface area contributed by atoms with E-state index in [9.17, 15) is 14.4 Å². The fraction of sp³-hybridized carbons (Fsp3) is 0.184. The highest BCUT2D eigenvalue weighted by Gasteiger charge is 2.27. The fourth-order valence-electron chi connectivity index (χ4n) is 6.33. The molecule has 0 bridgehead atoms. The van der Waals surface area contributed by atoms with Gasteiger partial charge in [0.25, 0.3) is 0 Å². The Morgan fingerprint density at radius 2 is 1.74 bits per heavy atom. The molecule has 3 aromatic heterocycles. The van der Waals surface area contributed by atoms with E-state index in [0.717, 1.165) is 43.9 Å². The molecule has 2 unspecified atom stereocenters. The lowest BCUT2D eigenvalue weighted by atomic mass is 9.79. The molecule has 0 aliphatic heterocycles. The second-order valence-corrected chi connectivity index (χ2v) is 12.8. The average Bonchev–Trinajstić information content (AvgIpc) is 3.78. The molecule has 3 heterocycles. The summed E-state index contributed by atoms with van der Waals surface area (Å²) in [4.78, 5) is 53.7. The maximum Gasteiger partial charge on any atom is 0.246 e. The Labute approximate surface area is 291 Å². The Hall–Kier alpha value is -6.01. The summed E-state index contributed by atoms with van der Waals surface area (Å²) in [6.07, 6.45) is 8.35. The fourth-order valence-corrected chi connectivity index (χ4v) is 7.07. The number of amides is 1. The molecule has 2 aliphatic rings. The summed E-state index contributed by atoms with van der Waals surface area (Å²) < 4.78 is 12.3. The number of ketones is 2. The van der Waals surface area contributed by atoms with E-state index in [0.29, 0.717) is 27.8 Å². The smallest absolute Gasteiger partial charge is 0.246 e. The molecular weight excluding hydrogens is 653 g/mol. The van der Waals surface area contributed by atoms with E-state index in [2.05, 4.69) is 25.3 Å². The third-order valence-electron chi connectivity index (χ3n) is 8.88. The van der Waals surface area contributed by atoms with E-state index in [1.54, 1.807) is 37.4 Å². The average molecular weight is 685 g/mol. The quantitative estimate of drug-likeness (QED) is 0.256. The first kappa shape index (κ1) is 32.5. The van der Waals surface area contributed by atoms with Crippen LogP contribution in [0, 0.1) is 5.92 Å². The summed E-state index contributed by atoms with van der Waals surface area (Å²) in [6, 6.07) is 17.3. The second kappa shape index (κ2) is 13.5. The van der Waals surface area contributed by atoms with E-state index < -0.39 is 0 Å². The molecule has 0 saturated carbocycles. The van der Waals surface area contributed by atoms with Crippen molar-refractivity contribution < 1.29 is 23.9 Å². The number of benzene rings is 3. The van der Waals surface area contributed by atoms with Crippen molar-refractivity contribution in [2.24, 2.45) is 5.92 Å². The van der Waals surface area contributed by atoms with Gasteiger partial charge in [0.1, 0.15) is 24.2 Å². The molecule has 3 aromatic carbocycles. The predicted molar refractivity (Wildman–Crippen MR) is 192 cm³/mol. The zero-order valence-corrected chi connectivity index (χ0v) is 28.5. The number of Topliss-reactive ketones (excluding diaryl/α,β-unsaturated/α-hetero) is 2. The molecule has 8 rings (SSSR count). The van der Waals surface area contributed by atoms with E-state index in [4.69, 9.17) is 9.47 Å². The number of carbonyl (C=O) groups is 3. The molecule has 0 radical (unpaired) electrons. The second-order valence-electron chi connectivity index (χ2n) is 11.9. The molecule has 11 nitrogen and oxygen atoms in total. The van der Waals surface area contributed by atoms with Gasteiger partial charge in [-0.1, -0.05) is 56.3 Å². The Kier molecular flexibility index (Phi) is 8.77. The lowest BCUT2D eigenvalue weighted by Gasteiger charge is -2.23. The first-order valence-electron chi connectivity index (χ1n) is 15.9. The van der Waals surface area contributed by atoms with Crippen LogP contribution in [0.1, 0.15) is 35.7 Å². The van der Waals surface area contributed by atoms with Gasteiger partial charge in [0, 0.05) is 28.3 Å². The van der Waals surface area contributed by atoms with Crippen molar-refractivity contribution in [3.8, 4) is 33.9 Å². The van der Waals surface area contributed by atoms with Crippen molar-refractivity contribution in [1.82, 2.24) is 24.5 Å². The summed E-state index contributed by atoms with van der Waals surface area (Å²) in [6.45, 7) is 3.98. The van der Waals surface area contributed by atoms with Crippen molar-refractivity contribution >= 4 is 57.3 Å². The van der Waals surface area contributed by atoms with Crippen molar-refractivity contribution in [3.63, 3.8) is 0 Å². The van der Waals surface area contributed by atoms with E-state index >= 15 is 0 Å². The third kappa shape index (κ3) is 6.05. The third-order valence-corrected chi connectivity index (χ3v) is 9.64. The van der Waals surface area contributed by atoms with Gasteiger partial charge >= 0.3 is 0 Å². The molecule has 1 amide bonds. The van der Waals surface area contributed by atoms with Crippen LogP contribution in [-0.2, 0) is 16.1 Å². The van der Waals surface area contributed by atoms with Gasteiger partial charge in [0.15, 0.2) is 28.1 Å². The lowest BCUT2D eigenvalue weighted by molar-refractivity contribution is -0.122. The van der Waals surface area contributed by atoms with Crippen molar-refractivity contribution in [1.29, 1.82) is 0 Å². The van der Waals surface area contributed by atoms with Gasteiger partial charge in [-0.3, -0.25) is 14.4 Å².